The second-order valence-corrected chi connectivity index (χ2v) is 7.44. The van der Waals surface area contributed by atoms with Gasteiger partial charge in [0.2, 0.25) is 0 Å². The summed E-state index contributed by atoms with van der Waals surface area (Å²) < 4.78 is 5.84. The Balaban J connectivity index is 1.60. The topological polar surface area (TPSA) is 41.6 Å². The van der Waals surface area contributed by atoms with E-state index < -0.39 is 0 Å². The molecule has 3 aromatic carbocycles. The van der Waals surface area contributed by atoms with Gasteiger partial charge in [-0.3, -0.25) is 0 Å². The summed E-state index contributed by atoms with van der Waals surface area (Å²) in [5, 5.41) is 3.00. The van der Waals surface area contributed by atoms with Gasteiger partial charge in [0, 0.05) is 18.3 Å². The van der Waals surface area contributed by atoms with Crippen molar-refractivity contribution >= 4 is 11.7 Å². The number of aryl methyl sites for hydroxylation is 1. The molecule has 0 fully saturated rings. The quantitative estimate of drug-likeness (QED) is 0.538. The number of benzene rings is 3. The maximum Gasteiger partial charge on any atom is 0.322 e. The number of carbonyl (C=O) groups excluding carboxylic acids is 1. The first-order chi connectivity index (χ1) is 14.0. The van der Waals surface area contributed by atoms with Crippen LogP contribution in [0.15, 0.2) is 78.9 Å². The van der Waals surface area contributed by atoms with E-state index in [1.807, 2.05) is 105 Å². The van der Waals surface area contributed by atoms with E-state index in [9.17, 15) is 4.79 Å². The molecule has 0 aliphatic carbocycles. The molecule has 150 valence electrons. The third-order valence-electron chi connectivity index (χ3n) is 4.68. The van der Waals surface area contributed by atoms with E-state index >= 15 is 0 Å². The van der Waals surface area contributed by atoms with Crippen LogP contribution in [0.4, 0.5) is 10.5 Å². The van der Waals surface area contributed by atoms with E-state index in [0.29, 0.717) is 13.2 Å². The third-order valence-corrected chi connectivity index (χ3v) is 4.68. The summed E-state index contributed by atoms with van der Waals surface area (Å²) in [5.41, 5.74) is 4.12. The van der Waals surface area contributed by atoms with Crippen molar-refractivity contribution in [2.24, 2.45) is 0 Å². The summed E-state index contributed by atoms with van der Waals surface area (Å²) in [5.74, 6) is 0.818. The fourth-order valence-electron chi connectivity index (χ4n) is 3.04. The molecular weight excluding hydrogens is 360 g/mol. The second-order valence-electron chi connectivity index (χ2n) is 7.44. The van der Waals surface area contributed by atoms with Crippen LogP contribution in [-0.2, 0) is 13.2 Å². The van der Waals surface area contributed by atoms with E-state index in [0.717, 1.165) is 28.1 Å². The monoisotopic (exact) mass is 388 g/mol. The molecule has 0 saturated heterocycles. The number of amides is 2. The van der Waals surface area contributed by atoms with Crippen molar-refractivity contribution in [1.82, 2.24) is 4.90 Å². The first-order valence-electron chi connectivity index (χ1n) is 9.91. The van der Waals surface area contributed by atoms with Gasteiger partial charge in [0.05, 0.1) is 0 Å². The Labute approximate surface area is 173 Å². The first kappa shape index (κ1) is 20.5. The maximum absolute atomic E-state index is 12.8. The largest absolute Gasteiger partial charge is 0.489 e. The summed E-state index contributed by atoms with van der Waals surface area (Å²) in [6.07, 6.45) is 0. The van der Waals surface area contributed by atoms with Crippen molar-refractivity contribution in [3.8, 4) is 5.75 Å². The summed E-state index contributed by atoms with van der Waals surface area (Å²) >= 11 is 0. The van der Waals surface area contributed by atoms with Crippen LogP contribution in [0.1, 0.15) is 30.5 Å². The SMILES string of the molecule is Cc1cccc(NC(=O)N(Cc2ccc(OCc3ccccc3)cc2)C(C)C)c1. The van der Waals surface area contributed by atoms with Crippen LogP contribution in [0.25, 0.3) is 0 Å². The highest BCUT2D eigenvalue weighted by Gasteiger charge is 2.17. The molecule has 4 nitrogen and oxygen atoms in total. The Kier molecular flexibility index (Phi) is 6.90. The predicted molar refractivity (Wildman–Crippen MR) is 118 cm³/mol. The number of nitrogens with zero attached hydrogens (tertiary/aromatic N) is 1. The van der Waals surface area contributed by atoms with Gasteiger partial charge < -0.3 is 15.0 Å². The van der Waals surface area contributed by atoms with Crippen LogP contribution in [0, 0.1) is 6.92 Å². The molecule has 0 radical (unpaired) electrons. The van der Waals surface area contributed by atoms with E-state index in [1.165, 1.54) is 0 Å². The summed E-state index contributed by atoms with van der Waals surface area (Å²) in [6.45, 7) is 7.13. The van der Waals surface area contributed by atoms with E-state index in [2.05, 4.69) is 5.32 Å². The number of urea groups is 1. The fourth-order valence-corrected chi connectivity index (χ4v) is 3.04. The standard InChI is InChI=1S/C25H28N2O2/c1-19(2)27(25(28)26-23-11-7-8-20(3)16-23)17-21-12-14-24(15-13-21)29-18-22-9-5-4-6-10-22/h4-16,19H,17-18H2,1-3H3,(H,26,28). The zero-order chi connectivity index (χ0) is 20.6. The van der Waals surface area contributed by atoms with Gasteiger partial charge in [-0.05, 0) is 61.7 Å². The number of nitrogens with one attached hydrogen (secondary N) is 1. The van der Waals surface area contributed by atoms with Gasteiger partial charge in [-0.1, -0.05) is 54.6 Å². The van der Waals surface area contributed by atoms with Crippen LogP contribution < -0.4 is 10.1 Å². The molecule has 0 aliphatic rings. The highest BCUT2D eigenvalue weighted by atomic mass is 16.5. The molecule has 4 heteroatoms. The van der Waals surface area contributed by atoms with Gasteiger partial charge in [0.1, 0.15) is 12.4 Å². The van der Waals surface area contributed by atoms with Crippen molar-refractivity contribution in [3.63, 3.8) is 0 Å². The first-order valence-corrected chi connectivity index (χ1v) is 9.91. The number of hydrogen-bond acceptors (Lipinski definition) is 2. The predicted octanol–water partition coefficient (Wildman–Crippen LogP) is 6.02. The minimum atomic E-state index is -0.102. The third kappa shape index (κ3) is 6.11. The van der Waals surface area contributed by atoms with Crippen LogP contribution >= 0.6 is 0 Å². The lowest BCUT2D eigenvalue weighted by atomic mass is 10.2. The number of rotatable bonds is 7. The highest BCUT2D eigenvalue weighted by molar-refractivity contribution is 5.89. The smallest absolute Gasteiger partial charge is 0.322 e. The molecule has 2 amide bonds. The molecule has 0 saturated carbocycles. The summed E-state index contributed by atoms with van der Waals surface area (Å²) in [6, 6.07) is 25.8. The Morgan fingerprint density at radius 3 is 2.31 bits per heavy atom. The van der Waals surface area contributed by atoms with Crippen LogP contribution in [0.5, 0.6) is 5.75 Å². The molecule has 0 spiro atoms. The molecule has 1 N–H and O–H groups in total. The number of anilines is 1. The van der Waals surface area contributed by atoms with Gasteiger partial charge in [-0.2, -0.15) is 0 Å². The average Bonchev–Trinajstić information content (AvgIpc) is 2.72. The van der Waals surface area contributed by atoms with Gasteiger partial charge in [0.15, 0.2) is 0 Å². The van der Waals surface area contributed by atoms with E-state index in [-0.39, 0.29) is 12.1 Å². The van der Waals surface area contributed by atoms with Gasteiger partial charge in [-0.25, -0.2) is 4.79 Å². The fraction of sp³-hybridized carbons (Fsp3) is 0.240. The number of carbonyl (C=O) groups is 1. The number of hydrogen-bond donors (Lipinski definition) is 1. The van der Waals surface area contributed by atoms with E-state index in [4.69, 9.17) is 4.74 Å². The van der Waals surface area contributed by atoms with Crippen molar-refractivity contribution in [1.29, 1.82) is 0 Å². The maximum atomic E-state index is 12.8. The lowest BCUT2D eigenvalue weighted by Gasteiger charge is -2.27. The van der Waals surface area contributed by atoms with Crippen molar-refractivity contribution in [2.75, 3.05) is 5.32 Å². The molecular formula is C25H28N2O2. The number of ether oxygens (including phenoxy) is 1. The normalized spacial score (nSPS) is 10.6. The van der Waals surface area contributed by atoms with Crippen LogP contribution in [0.3, 0.4) is 0 Å². The molecule has 0 heterocycles. The minimum Gasteiger partial charge on any atom is -0.489 e. The minimum absolute atomic E-state index is 0.0776. The van der Waals surface area contributed by atoms with Crippen molar-refractivity contribution < 1.29 is 9.53 Å². The molecule has 0 aromatic heterocycles. The molecule has 29 heavy (non-hydrogen) atoms. The van der Waals surface area contributed by atoms with Crippen molar-refractivity contribution in [3.05, 3.63) is 95.6 Å². The van der Waals surface area contributed by atoms with Gasteiger partial charge in [0.25, 0.3) is 0 Å². The van der Waals surface area contributed by atoms with Crippen molar-refractivity contribution in [2.45, 2.75) is 40.0 Å². The highest BCUT2D eigenvalue weighted by Crippen LogP contribution is 2.18. The Morgan fingerprint density at radius 1 is 0.931 bits per heavy atom. The molecule has 0 atom stereocenters. The zero-order valence-electron chi connectivity index (χ0n) is 17.3. The van der Waals surface area contributed by atoms with Crippen LogP contribution in [-0.4, -0.2) is 17.0 Å². The lowest BCUT2D eigenvalue weighted by molar-refractivity contribution is 0.193. The molecule has 0 bridgehead atoms. The molecule has 3 rings (SSSR count). The Hall–Kier alpha value is -3.27. The molecule has 0 aliphatic heterocycles. The van der Waals surface area contributed by atoms with Gasteiger partial charge in [-0.15, -0.1) is 0 Å². The molecule has 0 unspecified atom stereocenters. The van der Waals surface area contributed by atoms with Crippen LogP contribution in [0.2, 0.25) is 0 Å². The zero-order valence-corrected chi connectivity index (χ0v) is 17.3. The summed E-state index contributed by atoms with van der Waals surface area (Å²) in [7, 11) is 0. The summed E-state index contributed by atoms with van der Waals surface area (Å²) in [4.78, 5) is 14.6. The average molecular weight is 389 g/mol. The lowest BCUT2D eigenvalue weighted by Crippen LogP contribution is -2.39. The molecule has 3 aromatic rings. The Bertz CT molecular complexity index is 921. The van der Waals surface area contributed by atoms with Gasteiger partial charge >= 0.3 is 6.03 Å². The Morgan fingerprint density at radius 2 is 1.66 bits per heavy atom. The van der Waals surface area contributed by atoms with E-state index in [1.54, 1.807) is 0 Å². The second kappa shape index (κ2) is 9.78.